The Balaban J connectivity index is 2.39. The van der Waals surface area contributed by atoms with Crippen LogP contribution in [-0.2, 0) is 0 Å². The van der Waals surface area contributed by atoms with Crippen molar-refractivity contribution in [2.24, 2.45) is 5.84 Å². The summed E-state index contributed by atoms with van der Waals surface area (Å²) in [5, 5.41) is 0.681. The first-order chi connectivity index (χ1) is 9.77. The fraction of sp³-hybridized carbons (Fsp3) is 0.250. The molecule has 0 aliphatic rings. The van der Waals surface area contributed by atoms with E-state index < -0.39 is 0 Å². The van der Waals surface area contributed by atoms with E-state index in [1.165, 1.54) is 0 Å². The molecule has 0 radical (unpaired) electrons. The molecule has 20 heavy (non-hydrogen) atoms. The number of benzene rings is 2. The second-order valence-electron chi connectivity index (χ2n) is 4.51. The highest BCUT2D eigenvalue weighted by molar-refractivity contribution is 6.31. The number of nitrogens with two attached hydrogens (primary N) is 1. The summed E-state index contributed by atoms with van der Waals surface area (Å²) in [6.45, 7) is 2.76. The van der Waals surface area contributed by atoms with Crippen molar-refractivity contribution in [2.45, 2.75) is 19.4 Å². The third kappa shape index (κ3) is 3.31. The Hall–Kier alpha value is -1.55. The number of hydrazine groups is 1. The molecule has 3 nitrogen and oxygen atoms in total. The topological polar surface area (TPSA) is 47.3 Å². The number of rotatable bonds is 6. The van der Waals surface area contributed by atoms with Gasteiger partial charge in [0.2, 0.25) is 0 Å². The Labute approximate surface area is 124 Å². The molecule has 0 fully saturated rings. The van der Waals surface area contributed by atoms with Crippen LogP contribution in [0.3, 0.4) is 0 Å². The van der Waals surface area contributed by atoms with Gasteiger partial charge in [-0.05, 0) is 24.1 Å². The standard InChI is InChI=1S/C16H19ClN2O/c1-2-11-20-15-10-6-4-8-13(15)16(19-18)12-7-3-5-9-14(12)17/h3-10,16,19H,2,11,18H2,1H3. The maximum atomic E-state index is 6.27. The first kappa shape index (κ1) is 14.9. The third-order valence-corrected chi connectivity index (χ3v) is 3.42. The highest BCUT2D eigenvalue weighted by atomic mass is 35.5. The summed E-state index contributed by atoms with van der Waals surface area (Å²) >= 11 is 6.27. The molecule has 0 aromatic heterocycles. The number of hydrogen-bond donors (Lipinski definition) is 2. The molecule has 0 saturated carbocycles. The second kappa shape index (κ2) is 7.29. The molecule has 0 spiro atoms. The summed E-state index contributed by atoms with van der Waals surface area (Å²) in [5.41, 5.74) is 4.75. The average molecular weight is 291 g/mol. The van der Waals surface area contributed by atoms with E-state index in [9.17, 15) is 0 Å². The minimum Gasteiger partial charge on any atom is -0.493 e. The Morgan fingerprint density at radius 3 is 2.40 bits per heavy atom. The van der Waals surface area contributed by atoms with Gasteiger partial charge < -0.3 is 4.74 Å². The molecular formula is C16H19ClN2O. The smallest absolute Gasteiger partial charge is 0.124 e. The first-order valence-corrected chi connectivity index (χ1v) is 7.08. The molecule has 1 unspecified atom stereocenters. The predicted octanol–water partition coefficient (Wildman–Crippen LogP) is 3.68. The van der Waals surface area contributed by atoms with Gasteiger partial charge in [0, 0.05) is 10.6 Å². The Kier molecular flexibility index (Phi) is 5.41. The molecule has 0 bridgehead atoms. The summed E-state index contributed by atoms with van der Waals surface area (Å²) in [7, 11) is 0. The van der Waals surface area contributed by atoms with Crippen molar-refractivity contribution in [3.05, 3.63) is 64.7 Å². The molecule has 2 aromatic carbocycles. The van der Waals surface area contributed by atoms with Gasteiger partial charge in [-0.2, -0.15) is 0 Å². The van der Waals surface area contributed by atoms with Crippen LogP contribution in [0.5, 0.6) is 5.75 Å². The molecule has 0 aliphatic carbocycles. The minimum atomic E-state index is -0.197. The van der Waals surface area contributed by atoms with Crippen molar-refractivity contribution in [2.75, 3.05) is 6.61 Å². The van der Waals surface area contributed by atoms with Crippen molar-refractivity contribution >= 4 is 11.6 Å². The van der Waals surface area contributed by atoms with E-state index in [4.69, 9.17) is 22.2 Å². The van der Waals surface area contributed by atoms with Gasteiger partial charge >= 0.3 is 0 Å². The first-order valence-electron chi connectivity index (χ1n) is 6.70. The highest BCUT2D eigenvalue weighted by Gasteiger charge is 2.18. The van der Waals surface area contributed by atoms with Crippen LogP contribution in [0.2, 0.25) is 5.02 Å². The zero-order valence-corrected chi connectivity index (χ0v) is 12.2. The van der Waals surface area contributed by atoms with Gasteiger partial charge in [-0.3, -0.25) is 5.84 Å². The molecule has 4 heteroatoms. The van der Waals surface area contributed by atoms with E-state index in [1.54, 1.807) is 0 Å². The Bertz CT molecular complexity index is 560. The van der Waals surface area contributed by atoms with Crippen molar-refractivity contribution in [3.63, 3.8) is 0 Å². The van der Waals surface area contributed by atoms with Crippen LogP contribution in [0.1, 0.15) is 30.5 Å². The second-order valence-corrected chi connectivity index (χ2v) is 4.91. The van der Waals surface area contributed by atoms with Crippen LogP contribution < -0.4 is 16.0 Å². The van der Waals surface area contributed by atoms with Gasteiger partial charge in [-0.25, -0.2) is 5.43 Å². The molecule has 2 aromatic rings. The van der Waals surface area contributed by atoms with Crippen molar-refractivity contribution in [3.8, 4) is 5.75 Å². The molecular weight excluding hydrogens is 272 g/mol. The quantitative estimate of drug-likeness (QED) is 0.630. The van der Waals surface area contributed by atoms with E-state index in [1.807, 2.05) is 48.5 Å². The summed E-state index contributed by atoms with van der Waals surface area (Å²) < 4.78 is 5.79. The predicted molar refractivity (Wildman–Crippen MR) is 82.8 cm³/mol. The van der Waals surface area contributed by atoms with Crippen LogP contribution in [0.4, 0.5) is 0 Å². The van der Waals surface area contributed by atoms with Crippen LogP contribution in [0.25, 0.3) is 0 Å². The van der Waals surface area contributed by atoms with E-state index in [-0.39, 0.29) is 6.04 Å². The van der Waals surface area contributed by atoms with Gasteiger partial charge in [0.05, 0.1) is 12.6 Å². The number of halogens is 1. The summed E-state index contributed by atoms with van der Waals surface area (Å²) in [5.74, 6) is 6.57. The summed E-state index contributed by atoms with van der Waals surface area (Å²) in [6.07, 6.45) is 0.959. The van der Waals surface area contributed by atoms with E-state index in [0.29, 0.717) is 11.6 Å². The van der Waals surface area contributed by atoms with Crippen LogP contribution in [0.15, 0.2) is 48.5 Å². The fourth-order valence-corrected chi connectivity index (χ4v) is 2.36. The molecule has 1 atom stereocenters. The molecule has 106 valence electrons. The minimum absolute atomic E-state index is 0.197. The lowest BCUT2D eigenvalue weighted by atomic mass is 9.98. The lowest BCUT2D eigenvalue weighted by molar-refractivity contribution is 0.311. The van der Waals surface area contributed by atoms with Crippen molar-refractivity contribution in [1.29, 1.82) is 0 Å². The molecule has 0 heterocycles. The van der Waals surface area contributed by atoms with E-state index in [2.05, 4.69) is 12.3 Å². The lowest BCUT2D eigenvalue weighted by Crippen LogP contribution is -2.29. The summed E-state index contributed by atoms with van der Waals surface area (Å²) in [4.78, 5) is 0. The number of nitrogens with one attached hydrogen (secondary N) is 1. The Morgan fingerprint density at radius 1 is 1.10 bits per heavy atom. The third-order valence-electron chi connectivity index (χ3n) is 3.07. The molecule has 3 N–H and O–H groups in total. The van der Waals surface area contributed by atoms with Crippen LogP contribution in [0, 0.1) is 0 Å². The van der Waals surface area contributed by atoms with Crippen LogP contribution in [-0.4, -0.2) is 6.61 Å². The monoisotopic (exact) mass is 290 g/mol. The average Bonchev–Trinajstić information content (AvgIpc) is 2.49. The molecule has 0 saturated heterocycles. The van der Waals surface area contributed by atoms with Gasteiger partial charge in [0.1, 0.15) is 5.75 Å². The molecule has 0 aliphatic heterocycles. The number of para-hydroxylation sites is 1. The lowest BCUT2D eigenvalue weighted by Gasteiger charge is -2.21. The van der Waals surface area contributed by atoms with Crippen molar-refractivity contribution in [1.82, 2.24) is 5.43 Å². The van der Waals surface area contributed by atoms with Crippen LogP contribution >= 0.6 is 11.6 Å². The molecule has 0 amide bonds. The number of hydrogen-bond acceptors (Lipinski definition) is 3. The SMILES string of the molecule is CCCOc1ccccc1C(NN)c1ccccc1Cl. The zero-order chi connectivity index (χ0) is 14.4. The summed E-state index contributed by atoms with van der Waals surface area (Å²) in [6, 6.07) is 15.3. The normalized spacial score (nSPS) is 12.2. The van der Waals surface area contributed by atoms with E-state index >= 15 is 0 Å². The highest BCUT2D eigenvalue weighted by Crippen LogP contribution is 2.32. The zero-order valence-electron chi connectivity index (χ0n) is 11.5. The molecule has 2 rings (SSSR count). The van der Waals surface area contributed by atoms with Gasteiger partial charge in [-0.15, -0.1) is 0 Å². The van der Waals surface area contributed by atoms with Gasteiger partial charge in [0.25, 0.3) is 0 Å². The van der Waals surface area contributed by atoms with Crippen molar-refractivity contribution < 1.29 is 4.74 Å². The maximum absolute atomic E-state index is 6.27. The Morgan fingerprint density at radius 2 is 1.75 bits per heavy atom. The maximum Gasteiger partial charge on any atom is 0.124 e. The fourth-order valence-electron chi connectivity index (χ4n) is 2.12. The largest absolute Gasteiger partial charge is 0.493 e. The van der Waals surface area contributed by atoms with Gasteiger partial charge in [0.15, 0.2) is 0 Å². The van der Waals surface area contributed by atoms with Gasteiger partial charge in [-0.1, -0.05) is 54.9 Å². The van der Waals surface area contributed by atoms with E-state index in [0.717, 1.165) is 23.3 Å². The number of ether oxygens (including phenoxy) is 1.